The van der Waals surface area contributed by atoms with Gasteiger partial charge in [0.1, 0.15) is 17.5 Å². The van der Waals surface area contributed by atoms with Crippen molar-refractivity contribution in [2.75, 3.05) is 13.7 Å². The van der Waals surface area contributed by atoms with Crippen LogP contribution in [0, 0.1) is 0 Å². The number of carbonyl (C=O) groups excluding carboxylic acids is 2. The summed E-state index contributed by atoms with van der Waals surface area (Å²) in [6, 6.07) is 14.6. The lowest BCUT2D eigenvalue weighted by Crippen LogP contribution is -2.50. The van der Waals surface area contributed by atoms with Crippen molar-refractivity contribution < 1.29 is 19.1 Å². The van der Waals surface area contributed by atoms with Crippen molar-refractivity contribution in [3.63, 3.8) is 0 Å². The maximum Gasteiger partial charge on any atom is 0.261 e. The zero-order valence-corrected chi connectivity index (χ0v) is 19.2. The molecule has 0 aliphatic carbocycles. The summed E-state index contributed by atoms with van der Waals surface area (Å²) in [6.45, 7) is 7.95. The molecule has 0 aromatic heterocycles. The molecule has 0 aliphatic heterocycles. The fourth-order valence-electron chi connectivity index (χ4n) is 3.03. The van der Waals surface area contributed by atoms with E-state index in [1.165, 1.54) is 5.56 Å². The largest absolute Gasteiger partial charge is 0.497 e. The van der Waals surface area contributed by atoms with Crippen LogP contribution < -0.4 is 14.8 Å². The van der Waals surface area contributed by atoms with Crippen LogP contribution in [0.15, 0.2) is 48.5 Å². The molecule has 2 atom stereocenters. The molecule has 168 valence electrons. The Labute approximate surface area is 185 Å². The van der Waals surface area contributed by atoms with Crippen LogP contribution in [0.5, 0.6) is 11.5 Å². The average Bonchev–Trinajstić information content (AvgIpc) is 2.81. The molecule has 6 nitrogen and oxygen atoms in total. The predicted octanol–water partition coefficient (Wildman–Crippen LogP) is 3.97. The van der Waals surface area contributed by atoms with Gasteiger partial charge in [0.15, 0.2) is 6.61 Å². The summed E-state index contributed by atoms with van der Waals surface area (Å²) >= 11 is 0. The molecular formula is C25H34N2O4. The molecule has 0 saturated carbocycles. The molecule has 0 saturated heterocycles. The Bertz CT molecular complexity index is 834. The first-order valence-electron chi connectivity index (χ1n) is 10.8. The minimum absolute atomic E-state index is 0.0428. The Morgan fingerprint density at radius 1 is 0.935 bits per heavy atom. The lowest BCUT2D eigenvalue weighted by Gasteiger charge is -2.29. The highest BCUT2D eigenvalue weighted by Crippen LogP contribution is 2.16. The second kappa shape index (κ2) is 12.0. The Morgan fingerprint density at radius 3 is 2.06 bits per heavy atom. The number of carbonyl (C=O) groups is 2. The number of amides is 2. The molecule has 0 radical (unpaired) electrons. The molecule has 31 heavy (non-hydrogen) atoms. The summed E-state index contributed by atoms with van der Waals surface area (Å²) < 4.78 is 10.9. The Balaban J connectivity index is 2.13. The van der Waals surface area contributed by atoms with E-state index in [-0.39, 0.29) is 24.5 Å². The molecule has 6 heteroatoms. The second-order valence-electron chi connectivity index (χ2n) is 7.65. The molecule has 2 amide bonds. The molecule has 0 unspecified atom stereocenters. The highest BCUT2D eigenvalue weighted by Gasteiger charge is 2.27. The van der Waals surface area contributed by atoms with Gasteiger partial charge in [-0.05, 0) is 62.1 Å². The highest BCUT2D eigenvalue weighted by atomic mass is 16.5. The van der Waals surface area contributed by atoms with Crippen LogP contribution in [0.25, 0.3) is 0 Å². The van der Waals surface area contributed by atoms with Gasteiger partial charge in [0.05, 0.1) is 7.11 Å². The van der Waals surface area contributed by atoms with Crippen molar-refractivity contribution in [3.05, 3.63) is 59.7 Å². The number of nitrogens with zero attached hydrogens (tertiary/aromatic N) is 1. The quantitative estimate of drug-likeness (QED) is 0.590. The monoisotopic (exact) mass is 426 g/mol. The van der Waals surface area contributed by atoms with Gasteiger partial charge in [0.25, 0.3) is 5.91 Å². The third-order valence-electron chi connectivity index (χ3n) is 5.37. The smallest absolute Gasteiger partial charge is 0.261 e. The number of ether oxygens (including phenoxy) is 2. The van der Waals surface area contributed by atoms with Gasteiger partial charge in [-0.2, -0.15) is 0 Å². The number of rotatable bonds is 11. The zero-order valence-electron chi connectivity index (χ0n) is 19.2. The van der Waals surface area contributed by atoms with Crippen LogP contribution in [0.4, 0.5) is 0 Å². The van der Waals surface area contributed by atoms with Crippen molar-refractivity contribution in [2.24, 2.45) is 0 Å². The van der Waals surface area contributed by atoms with Crippen molar-refractivity contribution in [3.8, 4) is 11.5 Å². The van der Waals surface area contributed by atoms with Crippen molar-refractivity contribution in [1.29, 1.82) is 0 Å². The summed E-state index contributed by atoms with van der Waals surface area (Å²) in [5.74, 6) is 0.945. The SMILES string of the molecule is CCc1ccc(OCC(=O)N(Cc2ccc(OC)cc2)[C@@H](C)C(=O)N[C@@H](C)CC)cc1. The molecule has 0 heterocycles. The summed E-state index contributed by atoms with van der Waals surface area (Å²) in [5, 5.41) is 2.96. The Hall–Kier alpha value is -3.02. The molecule has 2 rings (SSSR count). The van der Waals surface area contributed by atoms with Crippen LogP contribution in [-0.4, -0.2) is 42.5 Å². The van der Waals surface area contributed by atoms with E-state index in [0.717, 1.165) is 24.2 Å². The summed E-state index contributed by atoms with van der Waals surface area (Å²) in [5.41, 5.74) is 2.11. The van der Waals surface area contributed by atoms with E-state index in [0.29, 0.717) is 12.3 Å². The van der Waals surface area contributed by atoms with E-state index in [2.05, 4.69) is 12.2 Å². The average molecular weight is 427 g/mol. The van der Waals surface area contributed by atoms with E-state index in [9.17, 15) is 9.59 Å². The van der Waals surface area contributed by atoms with Crippen molar-refractivity contribution in [2.45, 2.75) is 59.2 Å². The molecule has 2 aromatic carbocycles. The van der Waals surface area contributed by atoms with Gasteiger partial charge in [-0.15, -0.1) is 0 Å². The third-order valence-corrected chi connectivity index (χ3v) is 5.37. The summed E-state index contributed by atoms with van der Waals surface area (Å²) in [4.78, 5) is 27.3. The van der Waals surface area contributed by atoms with Crippen LogP contribution in [0.1, 0.15) is 45.2 Å². The van der Waals surface area contributed by atoms with E-state index < -0.39 is 6.04 Å². The van der Waals surface area contributed by atoms with E-state index in [1.807, 2.05) is 62.4 Å². The fraction of sp³-hybridized carbons (Fsp3) is 0.440. The normalized spacial score (nSPS) is 12.5. The number of nitrogens with one attached hydrogen (secondary N) is 1. The lowest BCUT2D eigenvalue weighted by atomic mass is 10.1. The topological polar surface area (TPSA) is 67.9 Å². The molecule has 0 spiro atoms. The minimum atomic E-state index is -0.630. The Morgan fingerprint density at radius 2 is 1.52 bits per heavy atom. The standard InChI is InChI=1S/C25H34N2O4/c1-6-18(3)26-25(29)19(4)27(16-21-10-12-22(30-5)13-11-21)24(28)17-31-23-14-8-20(7-2)9-15-23/h8-15,18-19H,6-7,16-17H2,1-5H3,(H,26,29)/t18-,19-/m0/s1. The molecule has 1 N–H and O–H groups in total. The predicted molar refractivity (Wildman–Crippen MR) is 122 cm³/mol. The number of aryl methyl sites for hydroxylation is 1. The van der Waals surface area contributed by atoms with E-state index in [1.54, 1.807) is 18.9 Å². The molecule has 2 aromatic rings. The fourth-order valence-corrected chi connectivity index (χ4v) is 3.03. The first-order chi connectivity index (χ1) is 14.9. The molecule has 0 fully saturated rings. The van der Waals surface area contributed by atoms with Gasteiger partial charge >= 0.3 is 0 Å². The number of methoxy groups -OCH3 is 1. The number of benzene rings is 2. The molecular weight excluding hydrogens is 392 g/mol. The van der Waals surface area contributed by atoms with Crippen LogP contribution in [0.3, 0.4) is 0 Å². The first-order valence-corrected chi connectivity index (χ1v) is 10.8. The molecule has 0 bridgehead atoms. The van der Waals surface area contributed by atoms with Gasteiger partial charge < -0.3 is 19.7 Å². The van der Waals surface area contributed by atoms with Gasteiger partial charge in [-0.3, -0.25) is 9.59 Å². The van der Waals surface area contributed by atoms with E-state index >= 15 is 0 Å². The van der Waals surface area contributed by atoms with Gasteiger partial charge in [-0.1, -0.05) is 38.1 Å². The maximum absolute atomic E-state index is 13.1. The van der Waals surface area contributed by atoms with Gasteiger partial charge in [0.2, 0.25) is 5.91 Å². The number of hydrogen-bond acceptors (Lipinski definition) is 4. The van der Waals surface area contributed by atoms with Crippen LogP contribution in [0.2, 0.25) is 0 Å². The first kappa shape index (κ1) is 24.3. The highest BCUT2D eigenvalue weighted by molar-refractivity contribution is 5.88. The van der Waals surface area contributed by atoms with Gasteiger partial charge in [0, 0.05) is 12.6 Å². The second-order valence-corrected chi connectivity index (χ2v) is 7.65. The number of hydrogen-bond donors (Lipinski definition) is 1. The molecule has 0 aliphatic rings. The van der Waals surface area contributed by atoms with Gasteiger partial charge in [-0.25, -0.2) is 0 Å². The summed E-state index contributed by atoms with van der Waals surface area (Å²) in [7, 11) is 1.61. The zero-order chi connectivity index (χ0) is 22.8. The third kappa shape index (κ3) is 7.31. The van der Waals surface area contributed by atoms with Crippen molar-refractivity contribution >= 4 is 11.8 Å². The Kier molecular flexibility index (Phi) is 9.38. The minimum Gasteiger partial charge on any atom is -0.497 e. The van der Waals surface area contributed by atoms with Crippen LogP contribution in [-0.2, 0) is 22.6 Å². The van der Waals surface area contributed by atoms with Crippen LogP contribution >= 0.6 is 0 Å². The maximum atomic E-state index is 13.1. The van der Waals surface area contributed by atoms with E-state index in [4.69, 9.17) is 9.47 Å². The van der Waals surface area contributed by atoms with Crippen molar-refractivity contribution in [1.82, 2.24) is 10.2 Å². The summed E-state index contributed by atoms with van der Waals surface area (Å²) in [6.07, 6.45) is 1.76. The lowest BCUT2D eigenvalue weighted by molar-refractivity contribution is -0.142.